The van der Waals surface area contributed by atoms with Gasteiger partial charge in [0.25, 0.3) is 0 Å². The van der Waals surface area contributed by atoms with E-state index < -0.39 is 10.0 Å². The van der Waals surface area contributed by atoms with Gasteiger partial charge in [-0.3, -0.25) is 0 Å². The molecule has 4 fully saturated rings. The summed E-state index contributed by atoms with van der Waals surface area (Å²) in [4.78, 5) is 0.315. The molecular formula is C21H31NO4S. The van der Waals surface area contributed by atoms with Gasteiger partial charge in [-0.1, -0.05) is 0 Å². The first-order valence-electron chi connectivity index (χ1n) is 10.1. The van der Waals surface area contributed by atoms with Crippen LogP contribution in [0.2, 0.25) is 0 Å². The zero-order chi connectivity index (χ0) is 19.2. The van der Waals surface area contributed by atoms with Crippen LogP contribution in [0.1, 0.15) is 49.7 Å². The Hall–Kier alpha value is -1.11. The number of hydrogen-bond donors (Lipinski definition) is 1. The Morgan fingerprint density at radius 1 is 1.04 bits per heavy atom. The molecule has 0 amide bonds. The van der Waals surface area contributed by atoms with Crippen LogP contribution in [-0.2, 0) is 14.8 Å². The first-order valence-corrected chi connectivity index (χ1v) is 11.6. The predicted octanol–water partition coefficient (Wildman–Crippen LogP) is 3.58. The van der Waals surface area contributed by atoms with Gasteiger partial charge in [0.1, 0.15) is 5.75 Å². The molecule has 1 N–H and O–H groups in total. The first-order chi connectivity index (χ1) is 12.8. The van der Waals surface area contributed by atoms with Gasteiger partial charge in [-0.2, -0.15) is 0 Å². The molecule has 6 heteroatoms. The Bertz CT molecular complexity index is 782. The molecule has 4 aliphatic rings. The third-order valence-electron chi connectivity index (χ3n) is 6.77. The lowest BCUT2D eigenvalue weighted by Crippen LogP contribution is -2.52. The number of nitrogens with one attached hydrogen (secondary N) is 1. The highest BCUT2D eigenvalue weighted by Gasteiger charge is 2.51. The molecule has 27 heavy (non-hydrogen) atoms. The van der Waals surface area contributed by atoms with Crippen molar-refractivity contribution >= 4 is 10.0 Å². The number of benzene rings is 1. The molecule has 4 aliphatic carbocycles. The summed E-state index contributed by atoms with van der Waals surface area (Å²) < 4.78 is 39.8. The van der Waals surface area contributed by atoms with Gasteiger partial charge >= 0.3 is 0 Å². The van der Waals surface area contributed by atoms with Gasteiger partial charge in [0.15, 0.2) is 0 Å². The van der Waals surface area contributed by atoms with Crippen molar-refractivity contribution in [1.82, 2.24) is 4.72 Å². The zero-order valence-corrected chi connectivity index (χ0v) is 17.4. The Labute approximate surface area is 162 Å². The van der Waals surface area contributed by atoms with Crippen LogP contribution in [0, 0.1) is 31.6 Å². The van der Waals surface area contributed by atoms with Gasteiger partial charge in [0.05, 0.1) is 24.2 Å². The van der Waals surface area contributed by atoms with Crippen LogP contribution in [0.3, 0.4) is 0 Å². The van der Waals surface area contributed by atoms with E-state index in [-0.39, 0.29) is 5.60 Å². The highest BCUT2D eigenvalue weighted by atomic mass is 32.2. The highest BCUT2D eigenvalue weighted by Crippen LogP contribution is 2.57. The molecule has 4 bridgehead atoms. The number of ether oxygens (including phenoxy) is 2. The van der Waals surface area contributed by atoms with Crippen molar-refractivity contribution in [3.63, 3.8) is 0 Å². The van der Waals surface area contributed by atoms with Crippen molar-refractivity contribution in [3.8, 4) is 5.75 Å². The largest absolute Gasteiger partial charge is 0.496 e. The standard InChI is InChI=1S/C21H31NO4S/c1-14-7-20(15(2)6-19(14)25-3)27(23,24)22-4-5-26-21-11-16-8-17(12-21)10-18(9-16)13-21/h6-7,16-18,22H,4-5,8-13H2,1-3H3. The second-order valence-corrected chi connectivity index (χ2v) is 10.7. The molecule has 4 saturated carbocycles. The van der Waals surface area contributed by atoms with Crippen LogP contribution in [0.5, 0.6) is 5.75 Å². The number of rotatable bonds is 7. The zero-order valence-electron chi connectivity index (χ0n) is 16.6. The lowest BCUT2D eigenvalue weighted by molar-refractivity contribution is -0.160. The number of aryl methyl sites for hydroxylation is 2. The van der Waals surface area contributed by atoms with Crippen LogP contribution < -0.4 is 9.46 Å². The molecule has 0 aromatic heterocycles. The number of methoxy groups -OCH3 is 1. The second-order valence-electron chi connectivity index (χ2n) is 8.93. The van der Waals surface area contributed by atoms with Crippen LogP contribution in [0.4, 0.5) is 0 Å². The molecule has 5 rings (SSSR count). The van der Waals surface area contributed by atoms with Gasteiger partial charge in [-0.15, -0.1) is 0 Å². The van der Waals surface area contributed by atoms with E-state index >= 15 is 0 Å². The van der Waals surface area contributed by atoms with Crippen molar-refractivity contribution in [2.75, 3.05) is 20.3 Å². The quantitative estimate of drug-likeness (QED) is 0.719. The van der Waals surface area contributed by atoms with Crippen molar-refractivity contribution in [2.24, 2.45) is 17.8 Å². The number of sulfonamides is 1. The minimum atomic E-state index is -3.55. The van der Waals surface area contributed by atoms with E-state index in [0.29, 0.717) is 29.4 Å². The summed E-state index contributed by atoms with van der Waals surface area (Å²) in [5, 5.41) is 0. The minimum absolute atomic E-state index is 0.0206. The van der Waals surface area contributed by atoms with Crippen molar-refractivity contribution < 1.29 is 17.9 Å². The average molecular weight is 394 g/mol. The Morgan fingerprint density at radius 2 is 1.63 bits per heavy atom. The molecule has 0 spiro atoms. The first kappa shape index (κ1) is 19.2. The fourth-order valence-corrected chi connectivity index (χ4v) is 7.32. The van der Waals surface area contributed by atoms with Gasteiger partial charge in [-0.05, 0) is 93.4 Å². The van der Waals surface area contributed by atoms with E-state index in [1.165, 1.54) is 38.5 Å². The van der Waals surface area contributed by atoms with Crippen molar-refractivity contribution in [1.29, 1.82) is 0 Å². The fraction of sp³-hybridized carbons (Fsp3) is 0.714. The SMILES string of the molecule is COc1cc(C)c(S(=O)(=O)NCCOC23CC4CC(CC(C4)C2)C3)cc1C. The predicted molar refractivity (Wildman–Crippen MR) is 105 cm³/mol. The van der Waals surface area contributed by atoms with Crippen LogP contribution in [0.25, 0.3) is 0 Å². The monoisotopic (exact) mass is 393 g/mol. The van der Waals surface area contributed by atoms with Gasteiger partial charge in [-0.25, -0.2) is 13.1 Å². The highest BCUT2D eigenvalue weighted by molar-refractivity contribution is 7.89. The Morgan fingerprint density at radius 3 is 2.19 bits per heavy atom. The summed E-state index contributed by atoms with van der Waals surface area (Å²) in [5.74, 6) is 3.20. The summed E-state index contributed by atoms with van der Waals surface area (Å²) in [7, 11) is -1.96. The third-order valence-corrected chi connectivity index (χ3v) is 8.37. The summed E-state index contributed by atoms with van der Waals surface area (Å²) in [6.45, 7) is 4.41. The molecule has 150 valence electrons. The molecule has 5 nitrogen and oxygen atoms in total. The molecule has 1 aromatic rings. The molecule has 0 radical (unpaired) electrons. The summed E-state index contributed by atoms with van der Waals surface area (Å²) in [6, 6.07) is 3.45. The molecule has 0 heterocycles. The third kappa shape index (κ3) is 3.76. The van der Waals surface area contributed by atoms with Crippen LogP contribution >= 0.6 is 0 Å². The van der Waals surface area contributed by atoms with Crippen LogP contribution in [-0.4, -0.2) is 34.3 Å². The molecule has 1 aromatic carbocycles. The minimum Gasteiger partial charge on any atom is -0.496 e. The fourth-order valence-electron chi connectivity index (χ4n) is 6.00. The lowest BCUT2D eigenvalue weighted by Gasteiger charge is -2.56. The number of hydrogen-bond acceptors (Lipinski definition) is 4. The Balaban J connectivity index is 1.36. The summed E-state index contributed by atoms with van der Waals surface area (Å²) >= 11 is 0. The molecule has 0 saturated heterocycles. The molecular weight excluding hydrogens is 362 g/mol. The molecule has 0 aliphatic heterocycles. The molecule has 0 atom stereocenters. The van der Waals surface area contributed by atoms with E-state index in [2.05, 4.69) is 4.72 Å². The lowest BCUT2D eigenvalue weighted by atomic mass is 9.54. The maximum absolute atomic E-state index is 12.7. The van der Waals surface area contributed by atoms with E-state index in [9.17, 15) is 8.42 Å². The van der Waals surface area contributed by atoms with E-state index in [1.54, 1.807) is 26.2 Å². The normalized spacial score (nSPS) is 32.0. The maximum atomic E-state index is 12.7. The van der Waals surface area contributed by atoms with E-state index in [1.807, 2.05) is 6.92 Å². The van der Waals surface area contributed by atoms with Gasteiger partial charge in [0, 0.05) is 6.54 Å². The van der Waals surface area contributed by atoms with Crippen molar-refractivity contribution in [2.45, 2.75) is 62.9 Å². The molecule has 0 unspecified atom stereocenters. The van der Waals surface area contributed by atoms with Crippen LogP contribution in [0.15, 0.2) is 17.0 Å². The van der Waals surface area contributed by atoms with E-state index in [4.69, 9.17) is 9.47 Å². The Kier molecular flexibility index (Phi) is 5.02. The van der Waals surface area contributed by atoms with E-state index in [0.717, 1.165) is 23.3 Å². The van der Waals surface area contributed by atoms with Crippen molar-refractivity contribution in [3.05, 3.63) is 23.3 Å². The smallest absolute Gasteiger partial charge is 0.240 e. The summed E-state index contributed by atoms with van der Waals surface area (Å²) in [5.41, 5.74) is 1.52. The maximum Gasteiger partial charge on any atom is 0.240 e. The summed E-state index contributed by atoms with van der Waals surface area (Å²) in [6.07, 6.45) is 7.65. The van der Waals surface area contributed by atoms with Gasteiger partial charge in [0.2, 0.25) is 10.0 Å². The second kappa shape index (κ2) is 7.05. The topological polar surface area (TPSA) is 64.6 Å². The van der Waals surface area contributed by atoms with Gasteiger partial charge < -0.3 is 9.47 Å². The average Bonchev–Trinajstić information content (AvgIpc) is 2.59.